The molecule has 2 heterocycles. The lowest BCUT2D eigenvalue weighted by Gasteiger charge is -2.38. The predicted octanol–water partition coefficient (Wildman–Crippen LogP) is -2.40. The molecule has 0 aliphatic carbocycles. The van der Waals surface area contributed by atoms with Gasteiger partial charge in [0.25, 0.3) is 0 Å². The maximum absolute atomic E-state index is 12.8. The maximum atomic E-state index is 12.8. The predicted molar refractivity (Wildman–Crippen MR) is 104 cm³/mol. The van der Waals surface area contributed by atoms with Crippen LogP contribution in [0.3, 0.4) is 0 Å². The summed E-state index contributed by atoms with van der Waals surface area (Å²) in [4.78, 5) is 26.7. The third-order valence-electron chi connectivity index (χ3n) is 5.59. The van der Waals surface area contributed by atoms with Gasteiger partial charge in [-0.3, -0.25) is 4.79 Å². The number of phenols is 1. The van der Waals surface area contributed by atoms with E-state index in [1.807, 2.05) is 0 Å². The Balaban J connectivity index is 1.55. The van der Waals surface area contributed by atoms with Crippen molar-refractivity contribution in [2.45, 2.75) is 62.1 Å². The van der Waals surface area contributed by atoms with Crippen LogP contribution in [0.15, 0.2) is 24.3 Å². The van der Waals surface area contributed by atoms with E-state index in [-0.39, 0.29) is 12.2 Å². The molecule has 0 saturated carbocycles. The van der Waals surface area contributed by atoms with Gasteiger partial charge < -0.3 is 45.6 Å². The molecule has 1 aromatic rings. The molecule has 3 rings (SSSR count). The van der Waals surface area contributed by atoms with E-state index in [4.69, 9.17) is 15.2 Å². The summed E-state index contributed by atoms with van der Waals surface area (Å²) in [5.41, 5.74) is 6.81. The summed E-state index contributed by atoms with van der Waals surface area (Å²) in [6.07, 6.45) is -6.67. The number of amides is 1. The number of nitrogens with two attached hydrogens (primary N) is 1. The molecule has 2 aliphatic heterocycles. The minimum atomic E-state index is -1.73. The van der Waals surface area contributed by atoms with Crippen LogP contribution < -0.4 is 5.73 Å². The van der Waals surface area contributed by atoms with Crippen LogP contribution in [-0.2, 0) is 25.5 Å². The van der Waals surface area contributed by atoms with E-state index >= 15 is 0 Å². The van der Waals surface area contributed by atoms with Crippen molar-refractivity contribution in [2.75, 3.05) is 13.2 Å². The number of aliphatic hydroxyl groups excluding tert-OH is 4. The number of nitrogens with zero attached hydrogens (tertiary/aromatic N) is 1. The van der Waals surface area contributed by atoms with E-state index < -0.39 is 61.3 Å². The first-order chi connectivity index (χ1) is 14.7. The van der Waals surface area contributed by atoms with Crippen LogP contribution in [0.5, 0.6) is 5.75 Å². The fourth-order valence-electron chi connectivity index (χ4n) is 3.79. The molecule has 2 saturated heterocycles. The lowest BCUT2D eigenvalue weighted by atomic mass is 9.99. The van der Waals surface area contributed by atoms with Crippen molar-refractivity contribution in [3.05, 3.63) is 29.8 Å². The molecular weight excluding hydrogens is 412 g/mol. The highest BCUT2D eigenvalue weighted by Crippen LogP contribution is 2.23. The third kappa shape index (κ3) is 5.32. The molecule has 7 atom stereocenters. The number of likely N-dealkylation sites (tertiary alicyclic amines) is 1. The number of esters is 1. The van der Waals surface area contributed by atoms with Crippen molar-refractivity contribution >= 4 is 11.9 Å². The van der Waals surface area contributed by atoms with Gasteiger partial charge in [0.05, 0.1) is 6.04 Å². The highest BCUT2D eigenvalue weighted by atomic mass is 16.6. The molecule has 0 spiro atoms. The molecule has 172 valence electrons. The van der Waals surface area contributed by atoms with E-state index in [0.29, 0.717) is 19.4 Å². The van der Waals surface area contributed by atoms with Gasteiger partial charge in [-0.05, 0) is 37.0 Å². The van der Waals surface area contributed by atoms with E-state index in [9.17, 15) is 35.1 Å². The lowest BCUT2D eigenvalue weighted by Crippen LogP contribution is -2.59. The summed E-state index contributed by atoms with van der Waals surface area (Å²) in [6, 6.07) is 4.59. The number of aromatic hydroxyl groups is 1. The molecule has 0 bridgehead atoms. The summed E-state index contributed by atoms with van der Waals surface area (Å²) in [6.45, 7) is -0.132. The quantitative estimate of drug-likeness (QED) is 0.261. The van der Waals surface area contributed by atoms with Crippen LogP contribution in [-0.4, -0.2) is 98.3 Å². The largest absolute Gasteiger partial charge is 0.508 e. The zero-order valence-electron chi connectivity index (χ0n) is 16.8. The first-order valence-electron chi connectivity index (χ1n) is 10.1. The average molecular weight is 440 g/mol. The molecule has 11 nitrogen and oxygen atoms in total. The van der Waals surface area contributed by atoms with Crippen LogP contribution in [0.2, 0.25) is 0 Å². The molecule has 2 fully saturated rings. The van der Waals surface area contributed by atoms with Crippen LogP contribution in [0.1, 0.15) is 18.4 Å². The number of aliphatic hydroxyl groups is 4. The minimum absolute atomic E-state index is 0.104. The van der Waals surface area contributed by atoms with Gasteiger partial charge in [0.1, 0.15) is 42.8 Å². The molecule has 2 aliphatic rings. The summed E-state index contributed by atoms with van der Waals surface area (Å²) < 4.78 is 10.2. The number of ether oxygens (including phenoxy) is 2. The Kier molecular flexibility index (Phi) is 7.46. The van der Waals surface area contributed by atoms with Crippen molar-refractivity contribution in [1.29, 1.82) is 0 Å². The van der Waals surface area contributed by atoms with Crippen molar-refractivity contribution < 1.29 is 44.6 Å². The zero-order valence-corrected chi connectivity index (χ0v) is 16.8. The molecule has 31 heavy (non-hydrogen) atoms. The van der Waals surface area contributed by atoms with Gasteiger partial charge in [0.2, 0.25) is 5.91 Å². The summed E-state index contributed by atoms with van der Waals surface area (Å²) in [5.74, 6) is -1.02. The van der Waals surface area contributed by atoms with Crippen LogP contribution in [0.25, 0.3) is 0 Å². The summed E-state index contributed by atoms with van der Waals surface area (Å²) in [5, 5.41) is 48.1. The Morgan fingerprint density at radius 1 is 1.13 bits per heavy atom. The second-order valence-electron chi connectivity index (χ2n) is 7.83. The second kappa shape index (κ2) is 9.90. The zero-order chi connectivity index (χ0) is 22.7. The van der Waals surface area contributed by atoms with Gasteiger partial charge in [-0.15, -0.1) is 0 Å². The molecule has 0 radical (unpaired) electrons. The van der Waals surface area contributed by atoms with Gasteiger partial charge in [0.15, 0.2) is 6.29 Å². The smallest absolute Gasteiger partial charge is 0.328 e. The first kappa shape index (κ1) is 23.4. The fourth-order valence-corrected chi connectivity index (χ4v) is 3.79. The molecule has 1 unspecified atom stereocenters. The Hall–Kier alpha value is -2.28. The van der Waals surface area contributed by atoms with Crippen molar-refractivity contribution in [3.63, 3.8) is 0 Å². The summed E-state index contributed by atoms with van der Waals surface area (Å²) >= 11 is 0. The molecule has 11 heteroatoms. The van der Waals surface area contributed by atoms with Crippen molar-refractivity contribution in [3.8, 4) is 5.75 Å². The summed E-state index contributed by atoms with van der Waals surface area (Å²) in [7, 11) is 0. The van der Waals surface area contributed by atoms with Crippen LogP contribution in [0, 0.1) is 0 Å². The number of phenolic OH excluding ortho intramolecular Hbond substituents is 1. The Bertz CT molecular complexity index is 774. The number of hydrogen-bond acceptors (Lipinski definition) is 10. The van der Waals surface area contributed by atoms with Gasteiger partial charge >= 0.3 is 5.97 Å². The molecule has 0 aromatic heterocycles. The molecule has 1 amide bonds. The number of benzene rings is 1. The Morgan fingerprint density at radius 2 is 1.81 bits per heavy atom. The monoisotopic (exact) mass is 440 g/mol. The fraction of sp³-hybridized carbons (Fsp3) is 0.600. The average Bonchev–Trinajstić information content (AvgIpc) is 3.24. The van der Waals surface area contributed by atoms with E-state index in [1.165, 1.54) is 17.0 Å². The molecular formula is C20H28N2O9. The Morgan fingerprint density at radius 3 is 2.48 bits per heavy atom. The number of hydrogen-bond donors (Lipinski definition) is 6. The molecule has 7 N–H and O–H groups in total. The Labute approximate surface area is 178 Å². The highest BCUT2D eigenvalue weighted by molar-refractivity contribution is 5.88. The van der Waals surface area contributed by atoms with Gasteiger partial charge in [-0.2, -0.15) is 0 Å². The normalized spacial score (nSPS) is 32.0. The van der Waals surface area contributed by atoms with Crippen molar-refractivity contribution in [1.82, 2.24) is 4.90 Å². The standard InChI is InChI=1S/C20H28N2O9/c21-12(8-10-3-5-11(23)6-4-10)18(27)22-7-1-2-13(22)19(28)30-9-14-15(24)16(25)17(26)20(29)31-14/h3-6,12-17,20,23-26,29H,1-2,7-9,21H2/t12-,13-,14+,15+,16-,17+,20?/m0/s1. The topological polar surface area (TPSA) is 183 Å². The van der Waals surface area contributed by atoms with Gasteiger partial charge in [0, 0.05) is 6.54 Å². The first-order valence-corrected chi connectivity index (χ1v) is 10.1. The number of carbonyl (C=O) groups excluding carboxylic acids is 2. The molecule has 1 aromatic carbocycles. The number of rotatable bonds is 6. The van der Waals surface area contributed by atoms with Gasteiger partial charge in [-0.25, -0.2) is 4.79 Å². The van der Waals surface area contributed by atoms with E-state index in [1.54, 1.807) is 12.1 Å². The van der Waals surface area contributed by atoms with Crippen LogP contribution >= 0.6 is 0 Å². The van der Waals surface area contributed by atoms with Crippen molar-refractivity contribution in [2.24, 2.45) is 5.73 Å². The third-order valence-corrected chi connectivity index (χ3v) is 5.59. The van der Waals surface area contributed by atoms with Crippen LogP contribution in [0.4, 0.5) is 0 Å². The van der Waals surface area contributed by atoms with E-state index in [0.717, 1.165) is 5.56 Å². The highest BCUT2D eigenvalue weighted by Gasteiger charge is 2.44. The second-order valence-corrected chi connectivity index (χ2v) is 7.83. The minimum Gasteiger partial charge on any atom is -0.508 e. The SMILES string of the molecule is N[C@@H](Cc1ccc(O)cc1)C(=O)N1CCC[C@H]1C(=O)OC[C@H]1OC(O)[C@H](O)[C@@H](O)[C@@H]1O. The van der Waals surface area contributed by atoms with E-state index in [2.05, 4.69) is 0 Å². The maximum Gasteiger partial charge on any atom is 0.328 e. The van der Waals surface area contributed by atoms with Gasteiger partial charge in [-0.1, -0.05) is 12.1 Å². The number of carbonyl (C=O) groups is 2. The lowest BCUT2D eigenvalue weighted by molar-refractivity contribution is -0.287.